The second-order valence-corrected chi connectivity index (χ2v) is 13.0. The number of aromatic nitrogens is 2. The maximum atomic E-state index is 15.6. The molecule has 1 N–H and O–H groups in total. The molecule has 5 aromatic rings. The van der Waals surface area contributed by atoms with E-state index in [4.69, 9.17) is 4.74 Å². The number of rotatable bonds is 4. The van der Waals surface area contributed by atoms with Gasteiger partial charge in [0.25, 0.3) is 5.91 Å². The number of ether oxygens (including phenoxy) is 1. The van der Waals surface area contributed by atoms with E-state index in [0.717, 1.165) is 38.9 Å². The molecule has 3 aromatic carbocycles. The van der Waals surface area contributed by atoms with E-state index < -0.39 is 11.4 Å². The fourth-order valence-electron chi connectivity index (χ4n) is 5.96. The number of fused-ring (bicyclic) bond motifs is 4. The number of anilines is 2. The van der Waals surface area contributed by atoms with Crippen molar-refractivity contribution in [2.75, 3.05) is 18.4 Å². The first-order valence-corrected chi connectivity index (χ1v) is 15.1. The van der Waals surface area contributed by atoms with E-state index >= 15 is 4.39 Å². The summed E-state index contributed by atoms with van der Waals surface area (Å²) < 4.78 is 22.2. The topological polar surface area (TPSA) is 87.7 Å². The molecule has 2 amide bonds. The van der Waals surface area contributed by atoms with Gasteiger partial charge in [-0.05, 0) is 81.3 Å². The molecule has 3 saturated heterocycles. The Morgan fingerprint density at radius 3 is 2.56 bits per heavy atom. The van der Waals surface area contributed by atoms with Crippen molar-refractivity contribution in [1.82, 2.24) is 19.8 Å². The van der Waals surface area contributed by atoms with Crippen molar-refractivity contribution in [2.24, 2.45) is 0 Å². The summed E-state index contributed by atoms with van der Waals surface area (Å²) in [5.41, 5.74) is 6.07. The number of hydrogen-bond donors (Lipinski definition) is 1. The molecule has 10 heteroatoms. The average molecular weight is 596 g/mol. The molecule has 3 aliphatic rings. The van der Waals surface area contributed by atoms with Gasteiger partial charge in [0, 0.05) is 47.2 Å². The quantitative estimate of drug-likeness (QED) is 0.236. The summed E-state index contributed by atoms with van der Waals surface area (Å²) >= 11 is 1.59. The van der Waals surface area contributed by atoms with Gasteiger partial charge in [-0.2, -0.15) is 0 Å². The molecule has 218 valence electrons. The summed E-state index contributed by atoms with van der Waals surface area (Å²) in [7, 11) is 0. The number of piperidine rings is 1. The van der Waals surface area contributed by atoms with Gasteiger partial charge in [0.1, 0.15) is 11.4 Å². The lowest BCUT2D eigenvalue weighted by atomic mass is 9.86. The van der Waals surface area contributed by atoms with E-state index in [1.54, 1.807) is 39.5 Å². The lowest BCUT2D eigenvalue weighted by molar-refractivity contribution is -0.0558. The molecule has 0 radical (unpaired) electrons. The highest BCUT2D eigenvalue weighted by molar-refractivity contribution is 7.16. The number of nitrogens with zero attached hydrogens (tertiary/aromatic N) is 4. The lowest BCUT2D eigenvalue weighted by Crippen LogP contribution is -2.71. The van der Waals surface area contributed by atoms with E-state index in [0.29, 0.717) is 29.8 Å². The predicted octanol–water partition coefficient (Wildman–Crippen LogP) is 7.23. The smallest absolute Gasteiger partial charge is 0.410 e. The SMILES string of the molecule is CC(C)(C)OC(=O)N1C[C@H]2C[C@@H](C1)N2C(=O)c1ccc(-c2ccc3nccc(Nc4ccc5scnc5c4)c3c2)c(F)c1. The number of benzene rings is 3. The number of piperazine rings is 1. The Bertz CT molecular complexity index is 1890. The first-order chi connectivity index (χ1) is 20.6. The van der Waals surface area contributed by atoms with Crippen molar-refractivity contribution >= 4 is 55.8 Å². The molecular formula is C33H30FN5O3S. The summed E-state index contributed by atoms with van der Waals surface area (Å²) in [6.45, 7) is 6.32. The Labute approximate surface area is 252 Å². The Morgan fingerprint density at radius 1 is 0.977 bits per heavy atom. The van der Waals surface area contributed by atoms with Crippen LogP contribution < -0.4 is 5.32 Å². The number of halogens is 1. The normalized spacial score (nSPS) is 18.0. The Balaban J connectivity index is 1.10. The van der Waals surface area contributed by atoms with E-state index in [2.05, 4.69) is 15.3 Å². The molecule has 2 atom stereocenters. The van der Waals surface area contributed by atoms with Crippen LogP contribution in [0.3, 0.4) is 0 Å². The standard InChI is InChI=1S/C33H30FN5O3S/c1-33(2,3)42-32(41)38-16-22-15-23(17-38)39(22)31(40)20-4-7-24(26(34)13-20)19-5-8-27-25(12-19)28(10-11-35-27)37-21-6-9-30-29(14-21)36-18-43-30/h4-14,18,22-23H,15-17H2,1-3H3,(H,35,37)/t22-,23+. The van der Waals surface area contributed by atoms with Gasteiger partial charge in [0.15, 0.2) is 0 Å². The monoisotopic (exact) mass is 595 g/mol. The minimum absolute atomic E-state index is 0.100. The molecule has 3 aliphatic heterocycles. The van der Waals surface area contributed by atoms with Crippen molar-refractivity contribution < 1.29 is 18.7 Å². The molecule has 2 bridgehead atoms. The maximum absolute atomic E-state index is 15.6. The second kappa shape index (κ2) is 10.3. The molecule has 0 saturated carbocycles. The number of carbonyl (C=O) groups excluding carboxylic acids is 2. The van der Waals surface area contributed by atoms with Crippen LogP contribution in [0.4, 0.5) is 20.6 Å². The minimum atomic E-state index is -0.580. The molecule has 8 nitrogen and oxygen atoms in total. The third-order valence-corrected chi connectivity index (χ3v) is 8.77. The van der Waals surface area contributed by atoms with Gasteiger partial charge in [0.2, 0.25) is 0 Å². The molecule has 3 fully saturated rings. The van der Waals surface area contributed by atoms with Crippen LogP contribution in [0.5, 0.6) is 0 Å². The number of amides is 2. The van der Waals surface area contributed by atoms with Crippen LogP contribution in [0.2, 0.25) is 0 Å². The van der Waals surface area contributed by atoms with Gasteiger partial charge in [0.05, 0.1) is 33.3 Å². The zero-order chi connectivity index (χ0) is 29.9. The first kappa shape index (κ1) is 27.3. The van der Waals surface area contributed by atoms with E-state index in [1.807, 2.05) is 68.7 Å². The zero-order valence-corrected chi connectivity index (χ0v) is 24.8. The van der Waals surface area contributed by atoms with E-state index in [9.17, 15) is 9.59 Å². The second-order valence-electron chi connectivity index (χ2n) is 12.1. The average Bonchev–Trinajstić information content (AvgIpc) is 3.44. The van der Waals surface area contributed by atoms with Gasteiger partial charge in [-0.3, -0.25) is 9.78 Å². The van der Waals surface area contributed by atoms with E-state index in [1.165, 1.54) is 6.07 Å². The molecular weight excluding hydrogens is 565 g/mol. The van der Waals surface area contributed by atoms with Gasteiger partial charge in [-0.1, -0.05) is 12.1 Å². The van der Waals surface area contributed by atoms with Gasteiger partial charge >= 0.3 is 6.09 Å². The number of carbonyl (C=O) groups is 2. The van der Waals surface area contributed by atoms with Crippen LogP contribution in [0.15, 0.2) is 72.4 Å². The summed E-state index contributed by atoms with van der Waals surface area (Å²) in [6.07, 6.45) is 2.20. The van der Waals surface area contributed by atoms with Crippen molar-refractivity contribution in [3.05, 3.63) is 83.8 Å². The molecule has 0 unspecified atom stereocenters. The fraction of sp³-hybridized carbons (Fsp3) is 0.273. The molecule has 2 aromatic heterocycles. The molecule has 0 spiro atoms. The zero-order valence-electron chi connectivity index (χ0n) is 24.0. The summed E-state index contributed by atoms with van der Waals surface area (Å²) in [5, 5.41) is 4.31. The van der Waals surface area contributed by atoms with Gasteiger partial charge < -0.3 is 19.9 Å². The molecule has 0 aliphatic carbocycles. The highest BCUT2D eigenvalue weighted by atomic mass is 32.1. The van der Waals surface area contributed by atoms with Crippen molar-refractivity contribution in [2.45, 2.75) is 44.9 Å². The van der Waals surface area contributed by atoms with Crippen molar-refractivity contribution in [3.63, 3.8) is 0 Å². The number of pyridine rings is 1. The van der Waals surface area contributed by atoms with Crippen molar-refractivity contribution in [1.29, 1.82) is 0 Å². The number of nitrogens with one attached hydrogen (secondary N) is 1. The molecule has 8 rings (SSSR count). The van der Waals surface area contributed by atoms with Gasteiger partial charge in [-0.25, -0.2) is 14.2 Å². The largest absolute Gasteiger partial charge is 0.444 e. The van der Waals surface area contributed by atoms with Crippen LogP contribution >= 0.6 is 11.3 Å². The highest BCUT2D eigenvalue weighted by Crippen LogP contribution is 2.36. The summed E-state index contributed by atoms with van der Waals surface area (Å²) in [6, 6.07) is 18.0. The van der Waals surface area contributed by atoms with Crippen LogP contribution in [0, 0.1) is 5.82 Å². The number of thiazole rings is 1. The van der Waals surface area contributed by atoms with E-state index in [-0.39, 0.29) is 24.1 Å². The van der Waals surface area contributed by atoms with Crippen LogP contribution in [0.25, 0.3) is 32.2 Å². The lowest BCUT2D eigenvalue weighted by Gasteiger charge is -2.56. The molecule has 43 heavy (non-hydrogen) atoms. The van der Waals surface area contributed by atoms with Crippen LogP contribution in [-0.4, -0.2) is 62.5 Å². The van der Waals surface area contributed by atoms with Crippen LogP contribution in [0.1, 0.15) is 37.6 Å². The highest BCUT2D eigenvalue weighted by Gasteiger charge is 2.49. The van der Waals surface area contributed by atoms with Crippen LogP contribution in [-0.2, 0) is 4.74 Å². The predicted molar refractivity (Wildman–Crippen MR) is 166 cm³/mol. The Morgan fingerprint density at radius 2 is 1.79 bits per heavy atom. The minimum Gasteiger partial charge on any atom is -0.444 e. The van der Waals surface area contributed by atoms with Gasteiger partial charge in [-0.15, -0.1) is 11.3 Å². The third kappa shape index (κ3) is 5.16. The Kier molecular flexibility index (Phi) is 6.54. The third-order valence-electron chi connectivity index (χ3n) is 7.96. The maximum Gasteiger partial charge on any atom is 0.410 e. The summed E-state index contributed by atoms with van der Waals surface area (Å²) in [5.74, 6) is -0.694. The molecule has 5 heterocycles. The number of hydrogen-bond acceptors (Lipinski definition) is 7. The van der Waals surface area contributed by atoms with Crippen molar-refractivity contribution in [3.8, 4) is 11.1 Å². The summed E-state index contributed by atoms with van der Waals surface area (Å²) in [4.78, 5) is 38.2. The Hall–Kier alpha value is -4.57. The fourth-order valence-corrected chi connectivity index (χ4v) is 6.62. The first-order valence-electron chi connectivity index (χ1n) is 14.2.